The summed E-state index contributed by atoms with van der Waals surface area (Å²) in [6.07, 6.45) is -3.34. The van der Waals surface area contributed by atoms with Crippen molar-refractivity contribution in [3.8, 4) is 11.3 Å². The first-order valence-electron chi connectivity index (χ1n) is 7.52. The van der Waals surface area contributed by atoms with Crippen molar-refractivity contribution in [1.29, 1.82) is 0 Å². The molecule has 0 spiro atoms. The van der Waals surface area contributed by atoms with Gasteiger partial charge < -0.3 is 9.32 Å². The Hall–Kier alpha value is -2.31. The topological polar surface area (TPSA) is 33.5 Å². The van der Waals surface area contributed by atoms with E-state index >= 15 is 0 Å². The second kappa shape index (κ2) is 7.51. The predicted octanol–water partition coefficient (Wildman–Crippen LogP) is 4.89. The molecule has 0 aliphatic carbocycles. The SMILES string of the molecule is CCCCN(CC(F)(F)F)C(=O)c1ccc(-c2ccc(F)cc2)o1. The molecule has 3 nitrogen and oxygen atoms in total. The summed E-state index contributed by atoms with van der Waals surface area (Å²) in [6, 6.07) is 8.20. The third-order valence-electron chi connectivity index (χ3n) is 3.38. The van der Waals surface area contributed by atoms with Gasteiger partial charge in [-0.25, -0.2) is 4.39 Å². The molecule has 0 bridgehead atoms. The molecule has 1 heterocycles. The molecule has 1 aromatic carbocycles. The van der Waals surface area contributed by atoms with Gasteiger partial charge in [0.1, 0.15) is 18.1 Å². The minimum atomic E-state index is -4.48. The van der Waals surface area contributed by atoms with E-state index in [-0.39, 0.29) is 12.3 Å². The normalized spacial score (nSPS) is 11.5. The molecule has 130 valence electrons. The molecule has 0 aliphatic heterocycles. The fraction of sp³-hybridized carbons (Fsp3) is 0.353. The van der Waals surface area contributed by atoms with Crippen LogP contribution in [0.1, 0.15) is 30.3 Å². The van der Waals surface area contributed by atoms with Crippen LogP contribution in [0, 0.1) is 5.82 Å². The van der Waals surface area contributed by atoms with Crippen LogP contribution in [0.15, 0.2) is 40.8 Å². The largest absolute Gasteiger partial charge is 0.451 e. The van der Waals surface area contributed by atoms with Crippen LogP contribution < -0.4 is 0 Å². The lowest BCUT2D eigenvalue weighted by Gasteiger charge is -2.22. The number of amides is 1. The Labute approximate surface area is 136 Å². The van der Waals surface area contributed by atoms with Gasteiger partial charge >= 0.3 is 6.18 Å². The third kappa shape index (κ3) is 4.84. The second-order valence-corrected chi connectivity index (χ2v) is 5.37. The molecule has 0 atom stereocenters. The standard InChI is InChI=1S/C17H17F4NO2/c1-2-3-10-22(11-17(19,20)21)16(23)15-9-8-14(24-15)12-4-6-13(18)7-5-12/h4-9H,2-3,10-11H2,1H3. The number of furan rings is 1. The highest BCUT2D eigenvalue weighted by Gasteiger charge is 2.34. The Morgan fingerprint density at radius 1 is 1.12 bits per heavy atom. The highest BCUT2D eigenvalue weighted by atomic mass is 19.4. The first-order valence-corrected chi connectivity index (χ1v) is 7.52. The monoisotopic (exact) mass is 343 g/mol. The van der Waals surface area contributed by atoms with Crippen molar-refractivity contribution in [1.82, 2.24) is 4.90 Å². The number of hydrogen-bond acceptors (Lipinski definition) is 2. The average molecular weight is 343 g/mol. The molecular weight excluding hydrogens is 326 g/mol. The lowest BCUT2D eigenvalue weighted by Crippen LogP contribution is -2.39. The second-order valence-electron chi connectivity index (χ2n) is 5.37. The van der Waals surface area contributed by atoms with Crippen molar-refractivity contribution in [2.75, 3.05) is 13.1 Å². The molecule has 2 rings (SSSR count). The van der Waals surface area contributed by atoms with Crippen molar-refractivity contribution in [2.45, 2.75) is 25.9 Å². The van der Waals surface area contributed by atoms with Crippen molar-refractivity contribution < 1.29 is 26.8 Å². The van der Waals surface area contributed by atoms with E-state index in [2.05, 4.69) is 0 Å². The summed E-state index contributed by atoms with van der Waals surface area (Å²) in [5, 5.41) is 0. The van der Waals surface area contributed by atoms with Crippen molar-refractivity contribution in [3.63, 3.8) is 0 Å². The van der Waals surface area contributed by atoms with E-state index in [4.69, 9.17) is 4.42 Å². The van der Waals surface area contributed by atoms with Gasteiger partial charge in [-0.2, -0.15) is 13.2 Å². The first kappa shape index (κ1) is 18.0. The number of benzene rings is 1. The van der Waals surface area contributed by atoms with Crippen LogP contribution >= 0.6 is 0 Å². The van der Waals surface area contributed by atoms with Crippen LogP contribution in [-0.2, 0) is 0 Å². The average Bonchev–Trinajstić information content (AvgIpc) is 3.00. The highest BCUT2D eigenvalue weighted by Crippen LogP contribution is 2.24. The number of unbranched alkanes of at least 4 members (excludes halogenated alkanes) is 1. The maximum atomic E-state index is 12.9. The van der Waals surface area contributed by atoms with Crippen LogP contribution in [0.25, 0.3) is 11.3 Å². The van der Waals surface area contributed by atoms with Gasteiger partial charge in [-0.1, -0.05) is 13.3 Å². The first-order chi connectivity index (χ1) is 11.3. The maximum absolute atomic E-state index is 12.9. The van der Waals surface area contributed by atoms with Crippen LogP contribution in [0.4, 0.5) is 17.6 Å². The smallest absolute Gasteiger partial charge is 0.406 e. The van der Waals surface area contributed by atoms with Crippen molar-refractivity contribution in [2.24, 2.45) is 0 Å². The fourth-order valence-corrected chi connectivity index (χ4v) is 2.20. The Balaban J connectivity index is 2.19. The van der Waals surface area contributed by atoms with Crippen LogP contribution in [0.2, 0.25) is 0 Å². The van der Waals surface area contributed by atoms with Gasteiger partial charge in [0.25, 0.3) is 5.91 Å². The molecule has 0 aliphatic rings. The molecule has 0 saturated heterocycles. The molecule has 0 radical (unpaired) electrons. The van der Waals surface area contributed by atoms with E-state index in [0.717, 1.165) is 4.90 Å². The molecule has 24 heavy (non-hydrogen) atoms. The summed E-state index contributed by atoms with van der Waals surface area (Å²) in [6.45, 7) is 0.510. The Morgan fingerprint density at radius 2 is 1.79 bits per heavy atom. The molecule has 0 saturated carbocycles. The van der Waals surface area contributed by atoms with E-state index in [0.29, 0.717) is 24.2 Å². The third-order valence-corrected chi connectivity index (χ3v) is 3.38. The Morgan fingerprint density at radius 3 is 2.38 bits per heavy atom. The zero-order valence-electron chi connectivity index (χ0n) is 13.1. The van der Waals surface area contributed by atoms with Crippen LogP contribution in [-0.4, -0.2) is 30.1 Å². The lowest BCUT2D eigenvalue weighted by molar-refractivity contribution is -0.141. The minimum Gasteiger partial charge on any atom is -0.451 e. The Kier molecular flexibility index (Phi) is 5.64. The van der Waals surface area contributed by atoms with Crippen molar-refractivity contribution >= 4 is 5.91 Å². The highest BCUT2D eigenvalue weighted by molar-refractivity contribution is 5.92. The van der Waals surface area contributed by atoms with Gasteiger partial charge in [-0.3, -0.25) is 4.79 Å². The predicted molar refractivity (Wildman–Crippen MR) is 81.0 cm³/mol. The number of alkyl halides is 3. The molecule has 2 aromatic rings. The quantitative estimate of drug-likeness (QED) is 0.700. The zero-order chi connectivity index (χ0) is 17.7. The van der Waals surface area contributed by atoms with Gasteiger partial charge in [-0.05, 0) is 42.8 Å². The summed E-state index contributed by atoms with van der Waals surface area (Å²) >= 11 is 0. The lowest BCUT2D eigenvalue weighted by atomic mass is 10.2. The van der Waals surface area contributed by atoms with E-state index in [1.807, 2.05) is 6.92 Å². The van der Waals surface area contributed by atoms with Gasteiger partial charge in [0.05, 0.1) is 0 Å². The summed E-state index contributed by atoms with van der Waals surface area (Å²) in [5.74, 6) is -1.11. The molecule has 1 aromatic heterocycles. The molecule has 0 fully saturated rings. The van der Waals surface area contributed by atoms with Crippen molar-refractivity contribution in [3.05, 3.63) is 48.0 Å². The summed E-state index contributed by atoms with van der Waals surface area (Å²) in [5.41, 5.74) is 0.534. The molecule has 1 amide bonds. The number of halogens is 4. The van der Waals surface area contributed by atoms with Gasteiger partial charge in [0.2, 0.25) is 0 Å². The number of rotatable bonds is 6. The fourth-order valence-electron chi connectivity index (χ4n) is 2.20. The summed E-state index contributed by atoms with van der Waals surface area (Å²) < 4.78 is 56.3. The molecule has 0 unspecified atom stereocenters. The van der Waals surface area contributed by atoms with Crippen LogP contribution in [0.3, 0.4) is 0 Å². The number of hydrogen-bond donors (Lipinski definition) is 0. The maximum Gasteiger partial charge on any atom is 0.406 e. The number of nitrogens with zero attached hydrogens (tertiary/aromatic N) is 1. The van der Waals surface area contributed by atoms with Gasteiger partial charge in [0.15, 0.2) is 5.76 Å². The molecule has 7 heteroatoms. The summed E-state index contributed by atoms with van der Waals surface area (Å²) in [4.78, 5) is 13.0. The molecule has 0 N–H and O–H groups in total. The van der Waals surface area contributed by atoms with E-state index < -0.39 is 24.4 Å². The van der Waals surface area contributed by atoms with E-state index in [9.17, 15) is 22.4 Å². The number of carbonyl (C=O) groups is 1. The minimum absolute atomic E-state index is 0.00141. The summed E-state index contributed by atoms with van der Waals surface area (Å²) in [7, 11) is 0. The molecular formula is C17H17F4NO2. The van der Waals surface area contributed by atoms with E-state index in [1.165, 1.54) is 36.4 Å². The Bertz CT molecular complexity index is 677. The zero-order valence-corrected chi connectivity index (χ0v) is 13.1. The van der Waals surface area contributed by atoms with Crippen LogP contribution in [0.5, 0.6) is 0 Å². The van der Waals surface area contributed by atoms with E-state index in [1.54, 1.807) is 0 Å². The number of carbonyl (C=O) groups excluding carboxylic acids is 1. The van der Waals surface area contributed by atoms with Gasteiger partial charge in [-0.15, -0.1) is 0 Å². The van der Waals surface area contributed by atoms with Gasteiger partial charge in [0, 0.05) is 12.1 Å².